The lowest BCUT2D eigenvalue weighted by Gasteiger charge is -2.04. The molecule has 1 aromatic rings. The highest BCUT2D eigenvalue weighted by atomic mass is 19.1. The zero-order chi connectivity index (χ0) is 8.97. The molecule has 0 atom stereocenters. The van der Waals surface area contributed by atoms with Crippen molar-refractivity contribution in [2.24, 2.45) is 0 Å². The van der Waals surface area contributed by atoms with Gasteiger partial charge in [-0.25, -0.2) is 4.98 Å². The van der Waals surface area contributed by atoms with Gasteiger partial charge in [-0.05, 0) is 6.07 Å². The minimum atomic E-state index is -0.592. The molecule has 0 aliphatic heterocycles. The van der Waals surface area contributed by atoms with Crippen molar-refractivity contribution in [2.75, 3.05) is 5.43 Å². The summed E-state index contributed by atoms with van der Waals surface area (Å²) in [6.07, 6.45) is 1.31. The second-order valence-electron chi connectivity index (χ2n) is 2.17. The Labute approximate surface area is 68.8 Å². The van der Waals surface area contributed by atoms with Crippen LogP contribution in [0.3, 0.4) is 0 Å². The fourth-order valence-corrected chi connectivity index (χ4v) is 0.640. The second kappa shape index (κ2) is 3.66. The van der Waals surface area contributed by atoms with Crippen molar-refractivity contribution in [1.29, 1.82) is 0 Å². The third-order valence-corrected chi connectivity index (χ3v) is 1.11. The second-order valence-corrected chi connectivity index (χ2v) is 2.17. The Morgan fingerprint density at radius 2 is 2.42 bits per heavy atom. The van der Waals surface area contributed by atoms with Crippen molar-refractivity contribution in [3.8, 4) is 0 Å². The molecule has 1 amide bonds. The topological polar surface area (TPSA) is 54.0 Å². The van der Waals surface area contributed by atoms with Crippen LogP contribution in [0.1, 0.15) is 6.92 Å². The maximum absolute atomic E-state index is 12.4. The first-order chi connectivity index (χ1) is 5.68. The number of amides is 1. The van der Waals surface area contributed by atoms with Crippen molar-refractivity contribution in [1.82, 2.24) is 10.4 Å². The molecule has 4 nitrogen and oxygen atoms in total. The van der Waals surface area contributed by atoms with E-state index in [0.717, 1.165) is 0 Å². The van der Waals surface area contributed by atoms with E-state index in [2.05, 4.69) is 15.8 Å². The average molecular weight is 169 g/mol. The van der Waals surface area contributed by atoms with Crippen molar-refractivity contribution in [2.45, 2.75) is 6.92 Å². The molecule has 12 heavy (non-hydrogen) atoms. The van der Waals surface area contributed by atoms with Crippen molar-refractivity contribution in [3.05, 3.63) is 24.3 Å². The first kappa shape index (κ1) is 8.45. The summed E-state index contributed by atoms with van der Waals surface area (Å²) in [6.45, 7) is 1.35. The standard InChI is InChI=1S/C7H8FN3O/c1-5(12)10-11-6-2-3-9-7(8)4-6/h2-4H,1H3,(H,9,11)(H,10,12). The zero-order valence-electron chi connectivity index (χ0n) is 6.47. The zero-order valence-corrected chi connectivity index (χ0v) is 6.47. The summed E-state index contributed by atoms with van der Waals surface area (Å²) in [7, 11) is 0. The van der Waals surface area contributed by atoms with Crippen LogP contribution in [0.25, 0.3) is 0 Å². The molecule has 0 saturated heterocycles. The summed E-state index contributed by atoms with van der Waals surface area (Å²) in [5.74, 6) is -0.836. The van der Waals surface area contributed by atoms with Crippen LogP contribution in [-0.2, 0) is 4.79 Å². The van der Waals surface area contributed by atoms with Crippen LogP contribution in [0.2, 0.25) is 0 Å². The van der Waals surface area contributed by atoms with Gasteiger partial charge in [0.15, 0.2) is 0 Å². The first-order valence-electron chi connectivity index (χ1n) is 3.32. The van der Waals surface area contributed by atoms with E-state index >= 15 is 0 Å². The summed E-state index contributed by atoms with van der Waals surface area (Å²) < 4.78 is 12.4. The molecular formula is C7H8FN3O. The summed E-state index contributed by atoms with van der Waals surface area (Å²) in [5, 5.41) is 0. The van der Waals surface area contributed by atoms with Gasteiger partial charge in [0.25, 0.3) is 0 Å². The molecule has 5 heteroatoms. The van der Waals surface area contributed by atoms with Crippen molar-refractivity contribution < 1.29 is 9.18 Å². The van der Waals surface area contributed by atoms with E-state index < -0.39 is 5.95 Å². The molecule has 0 radical (unpaired) electrons. The van der Waals surface area contributed by atoms with Crippen LogP contribution < -0.4 is 10.9 Å². The van der Waals surface area contributed by atoms with E-state index in [4.69, 9.17) is 0 Å². The molecule has 0 unspecified atom stereocenters. The van der Waals surface area contributed by atoms with Gasteiger partial charge in [-0.1, -0.05) is 0 Å². The van der Waals surface area contributed by atoms with Crippen molar-refractivity contribution in [3.63, 3.8) is 0 Å². The Morgan fingerprint density at radius 3 is 3.00 bits per heavy atom. The Kier molecular flexibility index (Phi) is 2.57. The maximum Gasteiger partial charge on any atom is 0.235 e. The highest BCUT2D eigenvalue weighted by Crippen LogP contribution is 2.04. The lowest BCUT2D eigenvalue weighted by Crippen LogP contribution is -2.26. The van der Waals surface area contributed by atoms with Crippen LogP contribution in [0.15, 0.2) is 18.3 Å². The van der Waals surface area contributed by atoms with Gasteiger partial charge in [0, 0.05) is 19.2 Å². The van der Waals surface area contributed by atoms with Crippen LogP contribution in [-0.4, -0.2) is 10.9 Å². The smallest absolute Gasteiger partial charge is 0.235 e. The monoisotopic (exact) mass is 169 g/mol. The molecule has 1 heterocycles. The number of nitrogens with zero attached hydrogens (tertiary/aromatic N) is 1. The third kappa shape index (κ3) is 2.53. The predicted octanol–water partition coefficient (Wildman–Crippen LogP) is 0.684. The fraction of sp³-hybridized carbons (Fsp3) is 0.143. The summed E-state index contributed by atoms with van der Waals surface area (Å²) in [6, 6.07) is 2.72. The number of carbonyl (C=O) groups excluding carboxylic acids is 1. The third-order valence-electron chi connectivity index (χ3n) is 1.11. The van der Waals surface area contributed by atoms with Gasteiger partial charge in [0.2, 0.25) is 11.9 Å². The van der Waals surface area contributed by atoms with E-state index in [1.807, 2.05) is 0 Å². The SMILES string of the molecule is CC(=O)NNc1ccnc(F)c1. The Balaban J connectivity index is 2.57. The number of rotatable bonds is 2. The molecule has 0 fully saturated rings. The molecule has 64 valence electrons. The minimum absolute atomic E-state index is 0.243. The van der Waals surface area contributed by atoms with Gasteiger partial charge < -0.3 is 0 Å². The largest absolute Gasteiger partial charge is 0.298 e. The van der Waals surface area contributed by atoms with E-state index in [-0.39, 0.29) is 5.91 Å². The number of hydrogen-bond acceptors (Lipinski definition) is 3. The number of hydrazine groups is 1. The number of aromatic nitrogens is 1. The normalized spacial score (nSPS) is 9.17. The molecule has 0 spiro atoms. The van der Waals surface area contributed by atoms with Gasteiger partial charge in [0.05, 0.1) is 5.69 Å². The molecular weight excluding hydrogens is 161 g/mol. The summed E-state index contributed by atoms with van der Waals surface area (Å²) in [5.41, 5.74) is 5.27. The Morgan fingerprint density at radius 1 is 1.67 bits per heavy atom. The van der Waals surface area contributed by atoms with Crippen LogP contribution >= 0.6 is 0 Å². The number of pyridine rings is 1. The Bertz CT molecular complexity index is 290. The highest BCUT2D eigenvalue weighted by molar-refractivity contribution is 5.74. The number of nitrogens with one attached hydrogen (secondary N) is 2. The molecule has 0 saturated carbocycles. The van der Waals surface area contributed by atoms with Crippen LogP contribution in [0.5, 0.6) is 0 Å². The molecule has 0 aliphatic rings. The Hall–Kier alpha value is -1.65. The van der Waals surface area contributed by atoms with Gasteiger partial charge >= 0.3 is 0 Å². The van der Waals surface area contributed by atoms with E-state index in [0.29, 0.717) is 5.69 Å². The average Bonchev–Trinajstić information content (AvgIpc) is 2.01. The van der Waals surface area contributed by atoms with E-state index in [1.54, 1.807) is 6.07 Å². The molecule has 2 N–H and O–H groups in total. The molecule has 0 aliphatic carbocycles. The first-order valence-corrected chi connectivity index (χ1v) is 3.32. The molecule has 1 rings (SSSR count). The molecule has 1 aromatic heterocycles. The van der Waals surface area contributed by atoms with E-state index in [9.17, 15) is 9.18 Å². The van der Waals surface area contributed by atoms with Crippen LogP contribution in [0, 0.1) is 5.95 Å². The quantitative estimate of drug-likeness (QED) is 0.505. The van der Waals surface area contributed by atoms with Gasteiger partial charge in [-0.3, -0.25) is 15.6 Å². The van der Waals surface area contributed by atoms with E-state index in [1.165, 1.54) is 19.2 Å². The number of hydrogen-bond donors (Lipinski definition) is 2. The predicted molar refractivity (Wildman–Crippen MR) is 41.6 cm³/mol. The fourth-order valence-electron chi connectivity index (χ4n) is 0.640. The number of halogens is 1. The lowest BCUT2D eigenvalue weighted by atomic mass is 10.4. The molecule has 0 bridgehead atoms. The molecule has 0 aromatic carbocycles. The maximum atomic E-state index is 12.4. The van der Waals surface area contributed by atoms with Gasteiger partial charge in [-0.2, -0.15) is 4.39 Å². The van der Waals surface area contributed by atoms with Gasteiger partial charge in [-0.15, -0.1) is 0 Å². The summed E-state index contributed by atoms with van der Waals surface area (Å²) in [4.78, 5) is 13.8. The lowest BCUT2D eigenvalue weighted by molar-refractivity contribution is -0.118. The summed E-state index contributed by atoms with van der Waals surface area (Å²) >= 11 is 0. The number of carbonyl (C=O) groups is 1. The van der Waals surface area contributed by atoms with Crippen molar-refractivity contribution >= 4 is 11.6 Å². The van der Waals surface area contributed by atoms with Gasteiger partial charge in [0.1, 0.15) is 0 Å². The minimum Gasteiger partial charge on any atom is -0.298 e. The number of anilines is 1. The van der Waals surface area contributed by atoms with Crippen LogP contribution in [0.4, 0.5) is 10.1 Å². The highest BCUT2D eigenvalue weighted by Gasteiger charge is 1.94.